The van der Waals surface area contributed by atoms with Crippen molar-refractivity contribution in [1.29, 1.82) is 0 Å². The molecule has 1 atom stereocenters. The third-order valence-corrected chi connectivity index (χ3v) is 5.31. The molecule has 4 aromatic rings. The van der Waals surface area contributed by atoms with Gasteiger partial charge in [-0.2, -0.15) is 5.10 Å². The SMILES string of the molecule is O=C(Nc1ccccn1)c1ccc(Oc2ccnc3[nH]nc(N[C@@H]4CCCNC4)c23)cc1. The number of H-pyrrole nitrogens is 1. The van der Waals surface area contributed by atoms with Crippen molar-refractivity contribution >= 4 is 28.6 Å². The number of carbonyl (C=O) groups is 1. The number of nitrogens with zero attached hydrogens (tertiary/aromatic N) is 3. The number of benzene rings is 1. The molecule has 4 heterocycles. The smallest absolute Gasteiger partial charge is 0.256 e. The van der Waals surface area contributed by atoms with Gasteiger partial charge in [-0.1, -0.05) is 6.07 Å². The Hall–Kier alpha value is -3.98. The maximum atomic E-state index is 12.4. The van der Waals surface area contributed by atoms with E-state index in [4.69, 9.17) is 4.74 Å². The number of hydrogen-bond donors (Lipinski definition) is 4. The molecule has 32 heavy (non-hydrogen) atoms. The molecular weight excluding hydrogens is 406 g/mol. The van der Waals surface area contributed by atoms with Gasteiger partial charge in [-0.05, 0) is 55.8 Å². The Morgan fingerprint density at radius 1 is 1.06 bits per heavy atom. The largest absolute Gasteiger partial charge is 0.456 e. The maximum absolute atomic E-state index is 12.4. The fourth-order valence-electron chi connectivity index (χ4n) is 3.71. The lowest BCUT2D eigenvalue weighted by molar-refractivity contribution is 0.102. The molecule has 1 aliphatic rings. The van der Waals surface area contributed by atoms with Gasteiger partial charge in [0.1, 0.15) is 22.7 Å². The average molecular weight is 429 g/mol. The molecule has 0 saturated carbocycles. The highest BCUT2D eigenvalue weighted by atomic mass is 16.5. The Labute approximate surface area is 184 Å². The van der Waals surface area contributed by atoms with Crippen LogP contribution in [0.3, 0.4) is 0 Å². The van der Waals surface area contributed by atoms with E-state index in [0.29, 0.717) is 34.6 Å². The summed E-state index contributed by atoms with van der Waals surface area (Å²) in [6.07, 6.45) is 5.52. The zero-order valence-electron chi connectivity index (χ0n) is 17.3. The van der Waals surface area contributed by atoms with Gasteiger partial charge in [0.25, 0.3) is 5.91 Å². The van der Waals surface area contributed by atoms with Gasteiger partial charge in [-0.15, -0.1) is 0 Å². The highest BCUT2D eigenvalue weighted by Gasteiger charge is 2.18. The molecule has 5 rings (SSSR count). The van der Waals surface area contributed by atoms with Gasteiger partial charge in [0.15, 0.2) is 11.5 Å². The summed E-state index contributed by atoms with van der Waals surface area (Å²) in [4.78, 5) is 20.9. The number of aromatic nitrogens is 4. The number of rotatable bonds is 6. The Balaban J connectivity index is 1.33. The molecule has 0 unspecified atom stereocenters. The minimum Gasteiger partial charge on any atom is -0.456 e. The number of hydrogen-bond acceptors (Lipinski definition) is 7. The lowest BCUT2D eigenvalue weighted by Gasteiger charge is -2.23. The van der Waals surface area contributed by atoms with Crippen LogP contribution in [-0.2, 0) is 0 Å². The highest BCUT2D eigenvalue weighted by Crippen LogP contribution is 2.33. The number of nitrogens with one attached hydrogen (secondary N) is 4. The van der Waals surface area contributed by atoms with E-state index < -0.39 is 0 Å². The summed E-state index contributed by atoms with van der Waals surface area (Å²) in [6.45, 7) is 1.94. The third kappa shape index (κ3) is 4.37. The van der Waals surface area contributed by atoms with E-state index in [1.807, 2.05) is 12.1 Å². The number of fused-ring (bicyclic) bond motifs is 1. The molecule has 0 spiro atoms. The van der Waals surface area contributed by atoms with Crippen molar-refractivity contribution in [2.24, 2.45) is 0 Å². The van der Waals surface area contributed by atoms with Gasteiger partial charge in [-0.3, -0.25) is 9.89 Å². The van der Waals surface area contributed by atoms with E-state index in [0.717, 1.165) is 37.1 Å². The van der Waals surface area contributed by atoms with Gasteiger partial charge in [0.2, 0.25) is 0 Å². The monoisotopic (exact) mass is 429 g/mol. The molecule has 0 aliphatic carbocycles. The molecule has 1 aromatic carbocycles. The first kappa shape index (κ1) is 20.0. The zero-order chi connectivity index (χ0) is 21.8. The maximum Gasteiger partial charge on any atom is 0.256 e. The van der Waals surface area contributed by atoms with Gasteiger partial charge >= 0.3 is 0 Å². The molecule has 1 aliphatic heterocycles. The summed E-state index contributed by atoms with van der Waals surface area (Å²) >= 11 is 0. The molecule has 0 radical (unpaired) electrons. The number of ether oxygens (including phenoxy) is 1. The first-order valence-electron chi connectivity index (χ1n) is 10.6. The molecule has 0 bridgehead atoms. The second kappa shape index (κ2) is 9.03. The van der Waals surface area contributed by atoms with Crippen LogP contribution in [0.4, 0.5) is 11.6 Å². The molecule has 9 heteroatoms. The second-order valence-electron chi connectivity index (χ2n) is 7.59. The molecule has 162 valence electrons. The Kier molecular flexibility index (Phi) is 5.63. The number of anilines is 2. The van der Waals surface area contributed by atoms with E-state index in [1.54, 1.807) is 48.8 Å². The Morgan fingerprint density at radius 2 is 1.97 bits per heavy atom. The van der Waals surface area contributed by atoms with Gasteiger partial charge < -0.3 is 20.7 Å². The van der Waals surface area contributed by atoms with Crippen molar-refractivity contribution in [2.75, 3.05) is 23.7 Å². The van der Waals surface area contributed by atoms with E-state index in [1.165, 1.54) is 0 Å². The molecule has 1 saturated heterocycles. The minimum absolute atomic E-state index is 0.232. The van der Waals surface area contributed by atoms with Crippen LogP contribution >= 0.6 is 0 Å². The fraction of sp³-hybridized carbons (Fsp3) is 0.217. The molecule has 1 amide bonds. The standard InChI is InChI=1S/C23H23N7O2/c31-23(28-19-5-1-2-12-25-19)15-6-8-17(9-7-15)32-18-10-13-26-21-20(18)22(30-29-21)27-16-4-3-11-24-14-16/h1-2,5-10,12-13,16,24H,3-4,11,14H2,(H,25,28,31)(H2,26,27,29,30)/t16-/m1/s1. The summed E-state index contributed by atoms with van der Waals surface area (Å²) in [5, 5.41) is 17.8. The summed E-state index contributed by atoms with van der Waals surface area (Å²) in [7, 11) is 0. The predicted octanol–water partition coefficient (Wildman–Crippen LogP) is 3.56. The van der Waals surface area contributed by atoms with Crippen molar-refractivity contribution in [3.05, 3.63) is 66.5 Å². The lowest BCUT2D eigenvalue weighted by atomic mass is 10.1. The van der Waals surface area contributed by atoms with Crippen molar-refractivity contribution in [1.82, 2.24) is 25.5 Å². The Morgan fingerprint density at radius 3 is 2.75 bits per heavy atom. The van der Waals surface area contributed by atoms with Gasteiger partial charge in [0, 0.05) is 36.6 Å². The van der Waals surface area contributed by atoms with Crippen molar-refractivity contribution in [3.63, 3.8) is 0 Å². The van der Waals surface area contributed by atoms with E-state index in [2.05, 4.69) is 36.1 Å². The molecule has 9 nitrogen and oxygen atoms in total. The van der Waals surface area contributed by atoms with Crippen LogP contribution < -0.4 is 20.7 Å². The van der Waals surface area contributed by atoms with Crippen molar-refractivity contribution < 1.29 is 9.53 Å². The van der Waals surface area contributed by atoms with Crippen LogP contribution in [0, 0.1) is 0 Å². The van der Waals surface area contributed by atoms with Crippen LogP contribution in [0.15, 0.2) is 60.9 Å². The fourth-order valence-corrected chi connectivity index (χ4v) is 3.71. The minimum atomic E-state index is -0.232. The topological polar surface area (TPSA) is 117 Å². The summed E-state index contributed by atoms with van der Waals surface area (Å²) < 4.78 is 6.13. The second-order valence-corrected chi connectivity index (χ2v) is 7.59. The number of amides is 1. The summed E-state index contributed by atoms with van der Waals surface area (Å²) in [5.41, 5.74) is 1.17. The number of carbonyl (C=O) groups excluding carboxylic acids is 1. The van der Waals surface area contributed by atoms with Crippen LogP contribution in [0.25, 0.3) is 11.0 Å². The normalized spacial score (nSPS) is 15.9. The third-order valence-electron chi connectivity index (χ3n) is 5.31. The van der Waals surface area contributed by atoms with E-state index in [9.17, 15) is 4.79 Å². The van der Waals surface area contributed by atoms with Gasteiger partial charge in [0.05, 0.1) is 0 Å². The molecular formula is C23H23N7O2. The van der Waals surface area contributed by atoms with Crippen LogP contribution in [0.1, 0.15) is 23.2 Å². The highest BCUT2D eigenvalue weighted by molar-refractivity contribution is 6.03. The summed E-state index contributed by atoms with van der Waals surface area (Å²) in [5.74, 6) is 2.25. The zero-order valence-corrected chi connectivity index (χ0v) is 17.3. The first-order chi connectivity index (χ1) is 15.8. The summed E-state index contributed by atoms with van der Waals surface area (Å²) in [6, 6.07) is 14.4. The lowest BCUT2D eigenvalue weighted by Crippen LogP contribution is -2.38. The molecule has 4 N–H and O–H groups in total. The first-order valence-corrected chi connectivity index (χ1v) is 10.6. The van der Waals surface area contributed by atoms with Crippen molar-refractivity contribution in [3.8, 4) is 11.5 Å². The number of piperidine rings is 1. The molecule has 3 aromatic heterocycles. The average Bonchev–Trinajstić information content (AvgIpc) is 3.24. The van der Waals surface area contributed by atoms with E-state index >= 15 is 0 Å². The quantitative estimate of drug-likeness (QED) is 0.370. The molecule has 1 fully saturated rings. The predicted molar refractivity (Wildman–Crippen MR) is 122 cm³/mol. The van der Waals surface area contributed by atoms with Crippen LogP contribution in [0.2, 0.25) is 0 Å². The van der Waals surface area contributed by atoms with Crippen LogP contribution in [0.5, 0.6) is 11.5 Å². The van der Waals surface area contributed by atoms with Gasteiger partial charge in [-0.25, -0.2) is 9.97 Å². The number of aromatic amines is 1. The number of pyridine rings is 2. The van der Waals surface area contributed by atoms with Crippen molar-refractivity contribution in [2.45, 2.75) is 18.9 Å². The van der Waals surface area contributed by atoms with Crippen LogP contribution in [-0.4, -0.2) is 45.2 Å². The van der Waals surface area contributed by atoms with E-state index in [-0.39, 0.29) is 5.91 Å². The Bertz CT molecular complexity index is 1200.